The van der Waals surface area contributed by atoms with E-state index in [4.69, 9.17) is 32.8 Å². The molecule has 21 heteroatoms. The van der Waals surface area contributed by atoms with Gasteiger partial charge in [-0.25, -0.2) is 19.2 Å². The molecule has 0 aliphatic carbocycles. The molecule has 0 heterocycles. The van der Waals surface area contributed by atoms with Gasteiger partial charge in [-0.05, 0) is 83.0 Å². The van der Waals surface area contributed by atoms with E-state index in [1.807, 2.05) is 26.9 Å². The lowest BCUT2D eigenvalue weighted by Gasteiger charge is -2.66. The smallest absolute Gasteiger partial charge is 0.407 e. The number of halogens is 6. The molecule has 0 radical (unpaired) electrons. The number of amides is 2. The molecule has 0 aromatic heterocycles. The Morgan fingerprint density at radius 2 is 0.908 bits per heavy atom. The van der Waals surface area contributed by atoms with Gasteiger partial charge in [0.05, 0.1) is 40.0 Å². The minimum absolute atomic E-state index is 0.0355. The Bertz CT molecular complexity index is 1540. The number of ether oxygens (including phenoxy) is 6. The number of hydrogen-bond donors (Lipinski definition) is 2. The lowest BCUT2D eigenvalue weighted by atomic mass is 9.50. The monoisotopic (exact) mass is 981 g/mol. The van der Waals surface area contributed by atoms with Gasteiger partial charge in [-0.1, -0.05) is 60.0 Å². The quantitative estimate of drug-likeness (QED) is 0.0165. The van der Waals surface area contributed by atoms with Crippen LogP contribution in [0, 0.1) is 10.8 Å². The molecule has 0 aliphatic rings. The highest BCUT2D eigenvalue weighted by Gasteiger charge is 2.65. The van der Waals surface area contributed by atoms with E-state index in [0.29, 0.717) is 24.9 Å². The molecule has 0 saturated heterocycles. The van der Waals surface area contributed by atoms with Crippen LogP contribution in [0.25, 0.3) is 0 Å². The van der Waals surface area contributed by atoms with Gasteiger partial charge in [0.1, 0.15) is 26.4 Å². The summed E-state index contributed by atoms with van der Waals surface area (Å²) in [5.74, 6) is -1.15. The normalized spacial score (nSPS) is 14.7. The van der Waals surface area contributed by atoms with Crippen LogP contribution in [-0.2, 0) is 42.4 Å². The Balaban J connectivity index is 5.86. The van der Waals surface area contributed by atoms with Crippen molar-refractivity contribution in [2.75, 3.05) is 65.9 Å². The number of rotatable bonds is 32. The minimum Gasteiger partial charge on any atom is -0.460 e. The molecule has 2 N–H and O–H groups in total. The van der Waals surface area contributed by atoms with E-state index in [1.54, 1.807) is 27.7 Å². The summed E-state index contributed by atoms with van der Waals surface area (Å²) in [4.78, 5) is 46.7. The van der Waals surface area contributed by atoms with E-state index < -0.39 is 100 Å². The number of alkyl carbamates (subject to hydrolysis) is 2. The van der Waals surface area contributed by atoms with E-state index in [-0.39, 0.29) is 77.1 Å². The minimum atomic E-state index is -4.57. The first-order chi connectivity index (χ1) is 29.6. The second kappa shape index (κ2) is 27.0. The van der Waals surface area contributed by atoms with Crippen LogP contribution in [0.1, 0.15) is 93.9 Å². The van der Waals surface area contributed by atoms with Crippen LogP contribution in [-0.4, -0.2) is 124 Å². The van der Waals surface area contributed by atoms with Gasteiger partial charge >= 0.3 is 36.5 Å². The van der Waals surface area contributed by atoms with Gasteiger partial charge in [-0.15, -0.1) is 0 Å². The van der Waals surface area contributed by atoms with Crippen LogP contribution in [0.2, 0.25) is 43.3 Å². The van der Waals surface area contributed by atoms with Gasteiger partial charge < -0.3 is 43.5 Å². The van der Waals surface area contributed by atoms with Gasteiger partial charge in [0.2, 0.25) is 0 Å². The van der Waals surface area contributed by atoms with E-state index in [2.05, 4.69) is 36.9 Å². The van der Waals surface area contributed by atoms with E-state index in [0.717, 1.165) is 0 Å². The molecule has 380 valence electrons. The molecule has 0 spiro atoms. The molecule has 0 aliphatic heterocycles. The zero-order valence-corrected chi connectivity index (χ0v) is 42.9. The summed E-state index contributed by atoms with van der Waals surface area (Å²) in [6, 6.07) is 1.12. The fourth-order valence-corrected chi connectivity index (χ4v) is 14.2. The van der Waals surface area contributed by atoms with Crippen molar-refractivity contribution in [3.8, 4) is 0 Å². The predicted octanol–water partition coefficient (Wildman–Crippen LogP) is 10.7. The van der Waals surface area contributed by atoms with E-state index >= 15 is 0 Å². The summed E-state index contributed by atoms with van der Waals surface area (Å²) in [6.45, 7) is 29.1. The fraction of sp³-hybridized carbons (Fsp3) is 0.818. The number of carbonyl (C=O) groups excluding carboxylic acids is 4. The summed E-state index contributed by atoms with van der Waals surface area (Å²) in [6.07, 6.45) is -12.8. The Morgan fingerprint density at radius 3 is 1.29 bits per heavy atom. The first-order valence-corrected chi connectivity index (χ1v) is 28.3. The maximum atomic E-state index is 14.2. The average molecular weight is 981 g/mol. The number of nitrogens with one attached hydrogen (secondary N) is 2. The number of hydrogen-bond acceptors (Lipinski definition) is 11. The summed E-state index contributed by atoms with van der Waals surface area (Å²) in [5.41, 5.74) is -3.59. The molecular weight excluding hydrogens is 903 g/mol. The summed E-state index contributed by atoms with van der Waals surface area (Å²) in [7, 11) is -5.38. The molecule has 0 aromatic rings. The molecule has 2 atom stereocenters. The lowest BCUT2D eigenvalue weighted by Crippen LogP contribution is -2.64. The number of esters is 2. The molecule has 0 saturated carbocycles. The van der Waals surface area contributed by atoms with E-state index in [1.165, 1.54) is 13.8 Å². The zero-order valence-electron chi connectivity index (χ0n) is 40.9. The van der Waals surface area contributed by atoms with Crippen LogP contribution < -0.4 is 10.6 Å². The highest BCUT2D eigenvalue weighted by molar-refractivity contribution is 6.80. The number of carbonyl (C=O) groups is 4. The number of alkyl halides is 6. The molecule has 0 bridgehead atoms. The second-order valence-electron chi connectivity index (χ2n) is 19.2. The predicted molar refractivity (Wildman–Crippen MR) is 242 cm³/mol. The Hall–Kier alpha value is -3.15. The lowest BCUT2D eigenvalue weighted by molar-refractivity contribution is -0.187. The maximum Gasteiger partial charge on any atom is 0.407 e. The first kappa shape index (κ1) is 61.9. The highest BCUT2D eigenvalue weighted by atomic mass is 28.4. The molecule has 65 heavy (non-hydrogen) atoms. The van der Waals surface area contributed by atoms with Crippen molar-refractivity contribution in [3.05, 3.63) is 24.3 Å². The molecular formula is C44H78F6N2O11Si2. The third-order valence-electron chi connectivity index (χ3n) is 13.0. The molecule has 13 nitrogen and oxygen atoms in total. The molecule has 0 fully saturated rings. The van der Waals surface area contributed by atoms with Crippen molar-refractivity contribution in [2.45, 2.75) is 155 Å². The highest BCUT2D eigenvalue weighted by Crippen LogP contribution is 2.69. The van der Waals surface area contributed by atoms with Crippen molar-refractivity contribution in [1.82, 2.24) is 10.6 Å². The topological polar surface area (TPSA) is 157 Å². The van der Waals surface area contributed by atoms with Crippen molar-refractivity contribution in [1.29, 1.82) is 0 Å². The van der Waals surface area contributed by atoms with Crippen molar-refractivity contribution in [3.63, 3.8) is 0 Å². The van der Waals surface area contributed by atoms with Crippen LogP contribution in [0.5, 0.6) is 0 Å². The Morgan fingerprint density at radius 1 is 0.523 bits per heavy atom. The van der Waals surface area contributed by atoms with Gasteiger partial charge in [0.15, 0.2) is 8.32 Å². The van der Waals surface area contributed by atoms with Crippen LogP contribution in [0.3, 0.4) is 0 Å². The Labute approximate surface area is 384 Å². The second-order valence-corrected chi connectivity index (χ2v) is 28.9. The maximum absolute atomic E-state index is 14.2. The molecule has 0 aromatic carbocycles. The van der Waals surface area contributed by atoms with Gasteiger partial charge in [0, 0.05) is 42.6 Å². The van der Waals surface area contributed by atoms with Crippen molar-refractivity contribution in [2.24, 2.45) is 10.8 Å². The van der Waals surface area contributed by atoms with Gasteiger partial charge in [0.25, 0.3) is 0 Å². The van der Waals surface area contributed by atoms with Gasteiger partial charge in [-0.2, -0.15) is 26.3 Å². The molecule has 2 unspecified atom stereocenters. The fourth-order valence-electron chi connectivity index (χ4n) is 7.97. The average Bonchev–Trinajstić information content (AvgIpc) is 3.16. The van der Waals surface area contributed by atoms with Crippen molar-refractivity contribution >= 4 is 40.5 Å². The summed E-state index contributed by atoms with van der Waals surface area (Å²) in [5, 5.41) is 4.01. The summed E-state index contributed by atoms with van der Waals surface area (Å²) >= 11 is 0. The zero-order chi connectivity index (χ0) is 50.6. The molecule has 0 rings (SSSR count). The van der Waals surface area contributed by atoms with Gasteiger partial charge in [-0.3, -0.25) is 0 Å². The van der Waals surface area contributed by atoms with E-state index in [9.17, 15) is 45.5 Å². The Kier molecular flexibility index (Phi) is 25.7. The summed E-state index contributed by atoms with van der Waals surface area (Å²) < 4.78 is 123. The third kappa shape index (κ3) is 22.5. The van der Waals surface area contributed by atoms with Crippen LogP contribution in [0.4, 0.5) is 35.9 Å². The SMILES string of the molecule is C=C(C)C(=O)OCCNC(=O)OCCOCCC[Si](C)(C)OC(C)(C)C(C)(CCC(F)(F)F)C(C)(CCC(F)(F)F)C(C)(C)[Si](C)(C)CCCOCCOC(=O)NCCOC(=O)C(=C)C. The van der Waals surface area contributed by atoms with Crippen LogP contribution in [0.15, 0.2) is 24.3 Å². The molecule has 2 amide bonds. The standard InChI is InChI=1S/C44H78F6N2O11Si2/c1-33(2)35(53)59-25-21-51-37(55)61-29-27-57-23-15-31-64(11,12)40(7,8)42(10,18-20-44(48,49)50)41(9,17-19-43(45,46)47)39(5,6)63-65(13,14)32-16-24-58-28-30-62-38(56)52-22-26-60-36(54)34(3)4/h1,3,15-32H2,2,4-14H3,(H,51,55)(H,52,56). The van der Waals surface area contributed by atoms with Crippen LogP contribution >= 0.6 is 0 Å². The van der Waals surface area contributed by atoms with Crippen molar-refractivity contribution < 1.29 is 78.4 Å². The third-order valence-corrected chi connectivity index (χ3v) is 21.1. The largest absolute Gasteiger partial charge is 0.460 e. The first-order valence-electron chi connectivity index (χ1n) is 22.0.